The fraction of sp³-hybridized carbons (Fsp3) is 0.586. The van der Waals surface area contributed by atoms with Gasteiger partial charge in [0.1, 0.15) is 5.60 Å². The van der Waals surface area contributed by atoms with E-state index in [1.165, 1.54) is 4.68 Å². The molecule has 254 valence electrons. The van der Waals surface area contributed by atoms with E-state index in [4.69, 9.17) is 26.9 Å². The highest BCUT2D eigenvalue weighted by Crippen LogP contribution is 2.36. The third-order valence-corrected chi connectivity index (χ3v) is 8.86. The molecule has 1 fully saturated rings. The number of aromatic nitrogens is 4. The standard InChI is InChI=1S/C29H35N17O3/c1-28(2,15-34-40-30)49-27(48)45-14-19-12-21(8-9-24(19)39-45)46(20-6-7-20)26(47)22-4-3-5-25-23(22)13-38-44(25)11-10-29(16-35-41-31,17-36-42-32)18-37-43-33/h3-5,13-14,20-21H,6-12,15-18H2,1-2H3. The number of hydrogen-bond donors (Lipinski definition) is 0. The van der Waals surface area contributed by atoms with E-state index in [0.717, 1.165) is 29.6 Å². The summed E-state index contributed by atoms with van der Waals surface area (Å²) >= 11 is 0. The van der Waals surface area contributed by atoms with Crippen LogP contribution in [0.2, 0.25) is 0 Å². The van der Waals surface area contributed by atoms with Gasteiger partial charge >= 0.3 is 6.09 Å². The van der Waals surface area contributed by atoms with Crippen molar-refractivity contribution >= 4 is 22.9 Å². The first kappa shape index (κ1) is 34.4. The minimum Gasteiger partial charge on any atom is -0.442 e. The minimum absolute atomic E-state index is 0.0184. The van der Waals surface area contributed by atoms with Crippen molar-refractivity contribution in [1.29, 1.82) is 0 Å². The first-order valence-corrected chi connectivity index (χ1v) is 15.8. The summed E-state index contributed by atoms with van der Waals surface area (Å²) < 4.78 is 8.43. The Balaban J connectivity index is 1.35. The molecule has 20 nitrogen and oxygen atoms in total. The lowest BCUT2D eigenvalue weighted by Crippen LogP contribution is -2.44. The van der Waals surface area contributed by atoms with E-state index in [2.05, 4.69) is 50.3 Å². The predicted octanol–water partition coefficient (Wildman–Crippen LogP) is 6.78. The highest BCUT2D eigenvalue weighted by Gasteiger charge is 2.40. The predicted molar refractivity (Wildman–Crippen MR) is 176 cm³/mol. The summed E-state index contributed by atoms with van der Waals surface area (Å²) in [7, 11) is 0. The summed E-state index contributed by atoms with van der Waals surface area (Å²) in [5.41, 5.74) is 36.4. The Morgan fingerprint density at radius 3 is 2.24 bits per heavy atom. The van der Waals surface area contributed by atoms with Crippen LogP contribution >= 0.6 is 0 Å². The van der Waals surface area contributed by atoms with Gasteiger partial charge in [0.05, 0.1) is 29.5 Å². The average molecular weight is 670 g/mol. The molecular weight excluding hydrogens is 634 g/mol. The van der Waals surface area contributed by atoms with Crippen molar-refractivity contribution in [2.45, 2.75) is 76.6 Å². The molecule has 0 saturated heterocycles. The van der Waals surface area contributed by atoms with E-state index >= 15 is 0 Å². The number of fused-ring (bicyclic) bond motifs is 2. The molecule has 1 aromatic carbocycles. The van der Waals surface area contributed by atoms with Crippen molar-refractivity contribution in [3.05, 3.63) is 89.2 Å². The van der Waals surface area contributed by atoms with Gasteiger partial charge in [-0.3, -0.25) is 9.48 Å². The highest BCUT2D eigenvalue weighted by molar-refractivity contribution is 6.06. The maximum absolute atomic E-state index is 14.3. The fourth-order valence-corrected chi connectivity index (χ4v) is 6.20. The smallest absolute Gasteiger partial charge is 0.435 e. The van der Waals surface area contributed by atoms with E-state index in [9.17, 15) is 9.59 Å². The molecule has 0 spiro atoms. The molecule has 1 amide bonds. The van der Waals surface area contributed by atoms with Gasteiger partial charge in [0.2, 0.25) is 0 Å². The third-order valence-electron chi connectivity index (χ3n) is 8.86. The van der Waals surface area contributed by atoms with Crippen molar-refractivity contribution in [3.63, 3.8) is 0 Å². The van der Waals surface area contributed by atoms with Crippen LogP contribution in [-0.2, 0) is 24.1 Å². The number of amides is 1. The zero-order valence-corrected chi connectivity index (χ0v) is 27.1. The zero-order valence-electron chi connectivity index (χ0n) is 27.1. The molecule has 0 radical (unpaired) electrons. The first-order valence-electron chi connectivity index (χ1n) is 15.8. The summed E-state index contributed by atoms with van der Waals surface area (Å²) in [6, 6.07) is 5.47. The molecule has 2 heterocycles. The number of carbonyl (C=O) groups excluding carboxylic acids is 2. The lowest BCUT2D eigenvalue weighted by Gasteiger charge is -2.34. The molecule has 2 aliphatic carbocycles. The number of nitrogens with zero attached hydrogens (tertiary/aromatic N) is 17. The number of carbonyl (C=O) groups is 2. The molecule has 20 heteroatoms. The number of aryl methyl sites for hydroxylation is 2. The number of ether oxygens (including phenoxy) is 1. The van der Waals surface area contributed by atoms with Gasteiger partial charge in [-0.05, 0) is 97.6 Å². The summed E-state index contributed by atoms with van der Waals surface area (Å²) in [4.78, 5) is 40.4. The normalized spacial score (nSPS) is 16.5. The zero-order chi connectivity index (χ0) is 35.0. The Morgan fingerprint density at radius 1 is 0.959 bits per heavy atom. The summed E-state index contributed by atoms with van der Waals surface area (Å²) in [5.74, 6) is -0.0999. The number of benzene rings is 1. The SMILES string of the molecule is CC(C)(CN=[N+]=[N-])OC(=O)n1cc2c(n1)CCC(N(C(=O)c1cccc3c1cnn3CCC(CN=[N+]=[N-])(CN=[N+]=[N-])CN=[N+]=[N-])C1CC1)C2. The lowest BCUT2D eigenvalue weighted by molar-refractivity contribution is 0.0441. The van der Waals surface area contributed by atoms with E-state index in [1.807, 2.05) is 17.0 Å². The molecule has 3 aromatic rings. The van der Waals surface area contributed by atoms with Crippen LogP contribution in [0.1, 0.15) is 61.1 Å². The van der Waals surface area contributed by atoms with Gasteiger partial charge in [-0.1, -0.05) is 26.5 Å². The molecule has 1 saturated carbocycles. The van der Waals surface area contributed by atoms with Crippen LogP contribution in [0.4, 0.5) is 4.79 Å². The average Bonchev–Trinajstić information content (AvgIpc) is 3.68. The first-order chi connectivity index (χ1) is 23.6. The second-order valence-corrected chi connectivity index (χ2v) is 12.9. The monoisotopic (exact) mass is 669 g/mol. The molecule has 0 N–H and O–H groups in total. The topological polar surface area (TPSA) is 277 Å². The van der Waals surface area contributed by atoms with Crippen LogP contribution in [0.5, 0.6) is 0 Å². The lowest BCUT2D eigenvalue weighted by atomic mass is 9.84. The van der Waals surface area contributed by atoms with E-state index in [0.29, 0.717) is 43.2 Å². The molecule has 0 aliphatic heterocycles. The van der Waals surface area contributed by atoms with Gasteiger partial charge in [-0.15, -0.1) is 0 Å². The molecule has 5 rings (SSSR count). The van der Waals surface area contributed by atoms with Gasteiger partial charge in [0.15, 0.2) is 0 Å². The second-order valence-electron chi connectivity index (χ2n) is 12.9. The Kier molecular flexibility index (Phi) is 10.5. The maximum Gasteiger partial charge on any atom is 0.435 e. The van der Waals surface area contributed by atoms with E-state index < -0.39 is 17.1 Å². The Labute approximate surface area is 279 Å². The van der Waals surface area contributed by atoms with Crippen LogP contribution < -0.4 is 0 Å². The summed E-state index contributed by atoms with van der Waals surface area (Å²) in [5, 5.41) is 24.2. The Morgan fingerprint density at radius 2 is 1.61 bits per heavy atom. The van der Waals surface area contributed by atoms with Crippen LogP contribution in [0, 0.1) is 5.41 Å². The van der Waals surface area contributed by atoms with Crippen LogP contribution in [0.15, 0.2) is 51.0 Å². The number of hydrogen-bond acceptors (Lipinski definition) is 9. The van der Waals surface area contributed by atoms with Crippen LogP contribution in [0.3, 0.4) is 0 Å². The van der Waals surface area contributed by atoms with Crippen molar-refractivity contribution in [2.75, 3.05) is 26.2 Å². The summed E-state index contributed by atoms with van der Waals surface area (Å²) in [6.07, 6.45) is 6.57. The molecule has 1 unspecified atom stereocenters. The van der Waals surface area contributed by atoms with Crippen molar-refractivity contribution < 1.29 is 14.3 Å². The largest absolute Gasteiger partial charge is 0.442 e. The minimum atomic E-state index is -1.00. The van der Waals surface area contributed by atoms with Gasteiger partial charge in [0.25, 0.3) is 5.91 Å². The van der Waals surface area contributed by atoms with Crippen molar-refractivity contribution in [2.24, 2.45) is 25.9 Å². The molecular formula is C29H35N17O3. The molecule has 2 aromatic heterocycles. The Bertz CT molecular complexity index is 1870. The van der Waals surface area contributed by atoms with Gasteiger partial charge in [-0.25, -0.2) is 4.79 Å². The maximum atomic E-state index is 14.3. The third kappa shape index (κ3) is 7.97. The van der Waals surface area contributed by atoms with Gasteiger partial charge in [-0.2, -0.15) is 14.9 Å². The molecule has 2 aliphatic rings. The Hall–Kier alpha value is -5.92. The van der Waals surface area contributed by atoms with Crippen LogP contribution in [-0.4, -0.2) is 80.3 Å². The van der Waals surface area contributed by atoms with E-state index in [-0.39, 0.29) is 44.2 Å². The second kappa shape index (κ2) is 14.9. The number of rotatable bonds is 15. The highest BCUT2D eigenvalue weighted by atomic mass is 16.6. The van der Waals surface area contributed by atoms with Gasteiger partial charge in [0, 0.05) is 69.5 Å². The molecule has 0 bridgehead atoms. The van der Waals surface area contributed by atoms with Gasteiger partial charge < -0.3 is 9.64 Å². The quantitative estimate of drug-likeness (QED) is 0.0958. The van der Waals surface area contributed by atoms with Crippen LogP contribution in [0.25, 0.3) is 52.7 Å². The molecule has 1 atom stereocenters. The number of azide groups is 4. The fourth-order valence-electron chi connectivity index (χ4n) is 6.20. The van der Waals surface area contributed by atoms with Crippen molar-refractivity contribution in [1.82, 2.24) is 24.5 Å². The summed E-state index contributed by atoms with van der Waals surface area (Å²) in [6.45, 7) is 3.48. The van der Waals surface area contributed by atoms with Crippen molar-refractivity contribution in [3.8, 4) is 0 Å². The van der Waals surface area contributed by atoms with E-state index in [1.54, 1.807) is 37.0 Å². The molecule has 49 heavy (non-hydrogen) atoms.